The van der Waals surface area contributed by atoms with E-state index in [-0.39, 0.29) is 23.8 Å². The van der Waals surface area contributed by atoms with Gasteiger partial charge in [-0.15, -0.1) is 0 Å². The lowest BCUT2D eigenvalue weighted by Crippen LogP contribution is -2.42. The molecule has 182 valence electrons. The molecule has 0 atom stereocenters. The van der Waals surface area contributed by atoms with Crippen LogP contribution in [0.5, 0.6) is 5.75 Å². The Morgan fingerprint density at radius 3 is 2.63 bits per heavy atom. The van der Waals surface area contributed by atoms with Gasteiger partial charge in [0, 0.05) is 37.7 Å². The summed E-state index contributed by atoms with van der Waals surface area (Å²) in [6.45, 7) is 2.10. The van der Waals surface area contributed by atoms with Crippen molar-refractivity contribution < 1.29 is 9.90 Å². The molecule has 0 unspecified atom stereocenters. The Bertz CT molecular complexity index is 1260. The third kappa shape index (κ3) is 5.28. The summed E-state index contributed by atoms with van der Waals surface area (Å²) < 4.78 is 1.53. The number of nitrogens with one attached hydrogen (secondary N) is 1. The van der Waals surface area contributed by atoms with Crippen LogP contribution in [0.2, 0.25) is 0 Å². The molecule has 7 nitrogen and oxygen atoms in total. The number of aromatic hydroxyl groups is 1. The number of rotatable bonds is 8. The van der Waals surface area contributed by atoms with E-state index < -0.39 is 0 Å². The van der Waals surface area contributed by atoms with Gasteiger partial charge in [0.2, 0.25) is 5.91 Å². The van der Waals surface area contributed by atoms with Crippen LogP contribution in [0.4, 0.5) is 0 Å². The SMILES string of the molecule is O=C(CCNCc1ccccc1)N1CCc2nc(SC3CCC3)n(-c3ccccc3O)c(=O)c2C1. The van der Waals surface area contributed by atoms with Gasteiger partial charge >= 0.3 is 0 Å². The first-order valence-electron chi connectivity index (χ1n) is 12.2. The number of fused-ring (bicyclic) bond motifs is 1. The second kappa shape index (κ2) is 10.7. The first-order chi connectivity index (χ1) is 17.1. The van der Waals surface area contributed by atoms with E-state index >= 15 is 0 Å². The molecule has 8 heteroatoms. The second-order valence-electron chi connectivity index (χ2n) is 9.10. The molecule has 0 radical (unpaired) electrons. The molecule has 2 aliphatic rings. The molecule has 0 spiro atoms. The summed E-state index contributed by atoms with van der Waals surface area (Å²) in [5.74, 6) is 0.0673. The third-order valence-electron chi connectivity index (χ3n) is 6.69. The van der Waals surface area contributed by atoms with Crippen molar-refractivity contribution in [2.45, 2.75) is 55.6 Å². The van der Waals surface area contributed by atoms with E-state index in [0.29, 0.717) is 54.1 Å². The van der Waals surface area contributed by atoms with Crippen molar-refractivity contribution in [1.82, 2.24) is 19.8 Å². The van der Waals surface area contributed by atoms with E-state index in [1.807, 2.05) is 18.2 Å². The van der Waals surface area contributed by atoms with Crippen LogP contribution in [-0.2, 0) is 24.3 Å². The van der Waals surface area contributed by atoms with E-state index in [2.05, 4.69) is 17.4 Å². The predicted molar refractivity (Wildman–Crippen MR) is 137 cm³/mol. The van der Waals surface area contributed by atoms with Crippen LogP contribution >= 0.6 is 11.8 Å². The van der Waals surface area contributed by atoms with Crippen LogP contribution in [0, 0.1) is 0 Å². The molecule has 35 heavy (non-hydrogen) atoms. The molecular weight excluding hydrogens is 460 g/mol. The van der Waals surface area contributed by atoms with Crippen molar-refractivity contribution in [3.05, 3.63) is 81.8 Å². The van der Waals surface area contributed by atoms with Crippen LogP contribution in [0.25, 0.3) is 5.69 Å². The summed E-state index contributed by atoms with van der Waals surface area (Å²) in [5, 5.41) is 14.9. The Morgan fingerprint density at radius 1 is 1.11 bits per heavy atom. The topological polar surface area (TPSA) is 87.5 Å². The maximum Gasteiger partial charge on any atom is 0.264 e. The van der Waals surface area contributed by atoms with Gasteiger partial charge < -0.3 is 15.3 Å². The number of aromatic nitrogens is 2. The lowest BCUT2D eigenvalue weighted by molar-refractivity contribution is -0.132. The fourth-order valence-electron chi connectivity index (χ4n) is 4.43. The molecule has 1 amide bonds. The van der Waals surface area contributed by atoms with Gasteiger partial charge in [0.05, 0.1) is 23.5 Å². The summed E-state index contributed by atoms with van der Waals surface area (Å²) in [4.78, 5) is 33.3. The van der Waals surface area contributed by atoms with Crippen molar-refractivity contribution in [3.63, 3.8) is 0 Å². The first-order valence-corrected chi connectivity index (χ1v) is 13.1. The zero-order chi connectivity index (χ0) is 24.2. The van der Waals surface area contributed by atoms with Crippen molar-refractivity contribution in [2.24, 2.45) is 0 Å². The zero-order valence-electron chi connectivity index (χ0n) is 19.7. The van der Waals surface area contributed by atoms with Crippen LogP contribution in [0.1, 0.15) is 42.5 Å². The molecule has 1 aliphatic carbocycles. The Balaban J connectivity index is 1.33. The molecule has 0 bridgehead atoms. The van der Waals surface area contributed by atoms with Crippen molar-refractivity contribution in [2.75, 3.05) is 13.1 Å². The quantitative estimate of drug-likeness (QED) is 0.370. The second-order valence-corrected chi connectivity index (χ2v) is 10.4. The highest BCUT2D eigenvalue weighted by Crippen LogP contribution is 2.37. The molecule has 5 rings (SSSR count). The van der Waals surface area contributed by atoms with Gasteiger partial charge in [0.1, 0.15) is 5.75 Å². The summed E-state index contributed by atoms with van der Waals surface area (Å²) in [6, 6.07) is 16.9. The Hall–Kier alpha value is -3.10. The average Bonchev–Trinajstić information content (AvgIpc) is 2.85. The van der Waals surface area contributed by atoms with Crippen molar-refractivity contribution >= 4 is 17.7 Å². The highest BCUT2D eigenvalue weighted by molar-refractivity contribution is 7.99. The number of hydrogen-bond donors (Lipinski definition) is 2. The number of carbonyl (C=O) groups excluding carboxylic acids is 1. The highest BCUT2D eigenvalue weighted by Gasteiger charge is 2.29. The fourth-order valence-corrected chi connectivity index (χ4v) is 5.75. The summed E-state index contributed by atoms with van der Waals surface area (Å²) in [6.07, 6.45) is 4.35. The number of benzene rings is 2. The molecule has 1 aromatic heterocycles. The van der Waals surface area contributed by atoms with Gasteiger partial charge in [0.25, 0.3) is 5.56 Å². The molecule has 0 saturated heterocycles. The van der Waals surface area contributed by atoms with Crippen LogP contribution in [0.15, 0.2) is 64.5 Å². The first kappa shape index (κ1) is 23.6. The average molecular weight is 491 g/mol. The fraction of sp³-hybridized carbons (Fsp3) is 0.370. The lowest BCUT2D eigenvalue weighted by atomic mass is 10.0. The van der Waals surface area contributed by atoms with E-state index in [1.54, 1.807) is 40.9 Å². The molecule has 1 saturated carbocycles. The van der Waals surface area contributed by atoms with Gasteiger partial charge in [-0.3, -0.25) is 14.2 Å². The number of phenols is 1. The number of para-hydroxylation sites is 2. The molecule has 2 aromatic carbocycles. The third-order valence-corrected chi connectivity index (χ3v) is 7.98. The minimum atomic E-state index is -0.196. The molecule has 1 fully saturated rings. The summed E-state index contributed by atoms with van der Waals surface area (Å²) >= 11 is 1.62. The van der Waals surface area contributed by atoms with Crippen LogP contribution in [0.3, 0.4) is 0 Å². The Kier molecular flexibility index (Phi) is 7.20. The number of nitrogens with zero attached hydrogens (tertiary/aromatic N) is 3. The van der Waals surface area contributed by atoms with E-state index in [1.165, 1.54) is 16.6 Å². The Morgan fingerprint density at radius 2 is 1.89 bits per heavy atom. The van der Waals surface area contributed by atoms with Crippen LogP contribution in [-0.4, -0.2) is 43.8 Å². The number of hydrogen-bond acceptors (Lipinski definition) is 6. The largest absolute Gasteiger partial charge is 0.506 e. The monoisotopic (exact) mass is 490 g/mol. The normalized spacial score (nSPS) is 15.5. The van der Waals surface area contributed by atoms with Gasteiger partial charge in [-0.05, 0) is 30.5 Å². The lowest BCUT2D eigenvalue weighted by Gasteiger charge is -2.30. The smallest absolute Gasteiger partial charge is 0.264 e. The zero-order valence-corrected chi connectivity index (χ0v) is 20.5. The minimum absolute atomic E-state index is 0.0256. The number of phenolic OH excluding ortho intramolecular Hbond substituents is 1. The number of carbonyl (C=O) groups is 1. The molecular formula is C27H30N4O3S. The predicted octanol–water partition coefficient (Wildman–Crippen LogP) is 3.65. The molecule has 2 heterocycles. The van der Waals surface area contributed by atoms with E-state index in [4.69, 9.17) is 4.98 Å². The molecule has 1 aliphatic heterocycles. The van der Waals surface area contributed by atoms with Gasteiger partial charge in [-0.25, -0.2) is 4.98 Å². The standard InChI is InChI=1S/C27H30N4O3S/c32-24-12-5-4-11-23(24)31-26(34)21-18-30(16-14-22(21)29-27(31)35-20-9-6-10-20)25(33)13-15-28-17-19-7-2-1-3-8-19/h1-5,7-8,11-12,20,28,32H,6,9-10,13-18H2. The highest BCUT2D eigenvalue weighted by atomic mass is 32.2. The molecule has 2 N–H and O–H groups in total. The van der Waals surface area contributed by atoms with Gasteiger partial charge in [0.15, 0.2) is 5.16 Å². The van der Waals surface area contributed by atoms with Gasteiger partial charge in [-0.2, -0.15) is 0 Å². The van der Waals surface area contributed by atoms with E-state index in [0.717, 1.165) is 18.5 Å². The van der Waals surface area contributed by atoms with Crippen molar-refractivity contribution in [3.8, 4) is 11.4 Å². The van der Waals surface area contributed by atoms with Crippen LogP contribution < -0.4 is 10.9 Å². The Labute approximate surface area is 209 Å². The minimum Gasteiger partial charge on any atom is -0.506 e. The number of thioether (sulfide) groups is 1. The maximum atomic E-state index is 13.7. The number of amides is 1. The molecule has 3 aromatic rings. The summed E-state index contributed by atoms with van der Waals surface area (Å²) in [5.41, 5.74) is 2.73. The summed E-state index contributed by atoms with van der Waals surface area (Å²) in [7, 11) is 0. The van der Waals surface area contributed by atoms with E-state index in [9.17, 15) is 14.7 Å². The maximum absolute atomic E-state index is 13.7. The van der Waals surface area contributed by atoms with Gasteiger partial charge in [-0.1, -0.05) is 60.6 Å². The van der Waals surface area contributed by atoms with Crippen molar-refractivity contribution in [1.29, 1.82) is 0 Å².